The molecule has 0 bridgehead atoms. The molecular weight excluding hydrogens is 938 g/mol. The first kappa shape index (κ1) is 57.5. The molecule has 2 N–H and O–H groups in total. The Morgan fingerprint density at radius 3 is 1.80 bits per heavy atom. The molecule has 0 saturated carbocycles. The van der Waals surface area contributed by atoms with Crippen LogP contribution in [0.4, 0.5) is 11.4 Å². The van der Waals surface area contributed by atoms with Gasteiger partial charge in [-0.1, -0.05) is 176 Å². The Balaban J connectivity index is 1.37. The molecule has 0 aliphatic rings. The van der Waals surface area contributed by atoms with Gasteiger partial charge in [0.1, 0.15) is 5.52 Å². The predicted octanol–water partition coefficient (Wildman–Crippen LogP) is 12.9. The average molecular weight is 1010 g/mol. The Bertz CT molecular complexity index is 2240. The number of nitrogens with one attached hydrogen (secondary N) is 2. The number of unbranched alkanes of at least 4 members (excludes halogenated alkanes) is 18. The summed E-state index contributed by atoms with van der Waals surface area (Å²) in [6.45, 7) is 8.06. The van der Waals surface area contributed by atoms with Crippen LogP contribution in [0.3, 0.4) is 0 Å². The summed E-state index contributed by atoms with van der Waals surface area (Å²) < 4.78 is 29.0. The van der Waals surface area contributed by atoms with E-state index in [2.05, 4.69) is 34.8 Å². The van der Waals surface area contributed by atoms with E-state index in [0.717, 1.165) is 43.2 Å². The van der Waals surface area contributed by atoms with Gasteiger partial charge in [-0.05, 0) is 67.8 Å². The van der Waals surface area contributed by atoms with E-state index in [1.54, 1.807) is 42.5 Å². The van der Waals surface area contributed by atoms with E-state index >= 15 is 0 Å². The molecule has 1 aromatic heterocycles. The van der Waals surface area contributed by atoms with E-state index in [-0.39, 0.29) is 46.7 Å². The third-order valence-electron chi connectivity index (χ3n) is 11.9. The van der Waals surface area contributed by atoms with Gasteiger partial charge in [0.2, 0.25) is 6.04 Å². The van der Waals surface area contributed by atoms with Gasteiger partial charge in [0.05, 0.1) is 52.3 Å². The molecule has 2 amide bonds. The van der Waals surface area contributed by atoms with Gasteiger partial charge >= 0.3 is 17.9 Å². The second-order valence-corrected chi connectivity index (χ2v) is 18.5. The van der Waals surface area contributed by atoms with Gasteiger partial charge < -0.3 is 34.3 Å². The van der Waals surface area contributed by atoms with Crippen LogP contribution in [0, 0.1) is 0 Å². The number of nitrogens with zero attached hydrogens (tertiary/aromatic N) is 3. The zero-order valence-electron chi connectivity index (χ0n) is 41.4. The second-order valence-electron chi connectivity index (χ2n) is 17.7. The van der Waals surface area contributed by atoms with Gasteiger partial charge in [-0.25, -0.2) is 14.3 Å². The Labute approximate surface area is 423 Å². The molecule has 0 fully saturated rings. The van der Waals surface area contributed by atoms with Crippen LogP contribution in [-0.4, -0.2) is 70.5 Å². The number of esters is 2. The Morgan fingerprint density at radius 2 is 1.21 bits per heavy atom. The highest BCUT2D eigenvalue weighted by Crippen LogP contribution is 2.29. The Morgan fingerprint density at radius 1 is 0.686 bits per heavy atom. The molecule has 0 aliphatic carbocycles. The molecule has 0 saturated heterocycles. The lowest BCUT2D eigenvalue weighted by Gasteiger charge is -2.27. The average Bonchev–Trinajstić information content (AvgIpc) is 3.76. The molecule has 3 aromatic carbocycles. The number of amides is 2. The van der Waals surface area contributed by atoms with Crippen molar-refractivity contribution in [1.82, 2.24) is 15.0 Å². The minimum absolute atomic E-state index is 0.0207. The molecule has 3 atom stereocenters. The topological polar surface area (TPSA) is 186 Å². The number of para-hydroxylation sites is 1. The number of fused-ring (bicyclic) bond motifs is 1. The van der Waals surface area contributed by atoms with E-state index in [1.165, 1.54) is 116 Å². The molecule has 3 unspecified atom stereocenters. The number of rotatable bonds is 36. The first-order chi connectivity index (χ1) is 33.9. The van der Waals surface area contributed by atoms with Crippen LogP contribution in [0.2, 0.25) is 10.0 Å². The molecular formula is C53H73Cl2N5O10. The quantitative estimate of drug-likeness (QED) is 0.0110. The summed E-state index contributed by atoms with van der Waals surface area (Å²) >= 11 is 13.1. The largest absolute Gasteiger partial charge is 0.463 e. The minimum Gasteiger partial charge on any atom is -0.463 e. The SMILES string of the molecule is CCCCCCCCCCCCOC(=O)C(C)OC(=O)c1ccc(Cl)c(NC(=O)C(C(=O)Nc2cc(COC(C)(OC=O)OCCCCCCCCCCCC)ccc2Cl)n2nnc3ccccc32)c1. The highest BCUT2D eigenvalue weighted by molar-refractivity contribution is 6.35. The van der Waals surface area contributed by atoms with Crippen molar-refractivity contribution >= 4 is 75.8 Å². The van der Waals surface area contributed by atoms with Crippen LogP contribution in [0.15, 0.2) is 60.7 Å². The van der Waals surface area contributed by atoms with Crippen molar-refractivity contribution in [1.29, 1.82) is 0 Å². The zero-order valence-corrected chi connectivity index (χ0v) is 43.0. The number of carbonyl (C=O) groups is 5. The van der Waals surface area contributed by atoms with Gasteiger partial charge in [-0.3, -0.25) is 14.4 Å². The molecule has 0 aliphatic heterocycles. The number of carbonyl (C=O) groups excluding carboxylic acids is 5. The van der Waals surface area contributed by atoms with Crippen molar-refractivity contribution in [2.24, 2.45) is 0 Å². The zero-order chi connectivity index (χ0) is 50.6. The first-order valence-corrected chi connectivity index (χ1v) is 25.9. The molecule has 15 nitrogen and oxygen atoms in total. The standard InChI is InChI=1S/C53H73Cl2N5O10/c1-5-7-9-11-13-15-17-19-21-25-33-66-51(64)39(3)70-52(65)41-30-32-43(55)46(36-41)57-50(63)48(60-47-28-24-23-27-44(47)58-59-60)49(62)56-45-35-40(29-31-42(45)54)37-68-53(4,69-38-61)67-34-26-22-20-18-16-14-12-10-8-6-2/h23-24,27-32,35-36,38-39,48H,5-22,25-26,33-34,37H2,1-4H3,(H,56,62)(H,57,63). The lowest BCUT2D eigenvalue weighted by Crippen LogP contribution is -2.37. The van der Waals surface area contributed by atoms with E-state index in [0.29, 0.717) is 29.6 Å². The lowest BCUT2D eigenvalue weighted by atomic mass is 10.1. The summed E-state index contributed by atoms with van der Waals surface area (Å²) in [6.07, 6.45) is 21.8. The molecule has 384 valence electrons. The van der Waals surface area contributed by atoms with Gasteiger partial charge in [0.25, 0.3) is 18.3 Å². The third-order valence-corrected chi connectivity index (χ3v) is 12.5. The monoisotopic (exact) mass is 1010 g/mol. The molecule has 70 heavy (non-hydrogen) atoms. The predicted molar refractivity (Wildman–Crippen MR) is 273 cm³/mol. The summed E-state index contributed by atoms with van der Waals surface area (Å²) in [5.41, 5.74) is 1.41. The maximum atomic E-state index is 14.3. The van der Waals surface area contributed by atoms with Crippen molar-refractivity contribution in [3.05, 3.63) is 81.8 Å². The number of aromatic nitrogens is 3. The van der Waals surface area contributed by atoms with Gasteiger partial charge in [-0.15, -0.1) is 5.10 Å². The smallest absolute Gasteiger partial charge is 0.347 e. The number of anilines is 2. The fourth-order valence-electron chi connectivity index (χ4n) is 7.74. The summed E-state index contributed by atoms with van der Waals surface area (Å²) in [6, 6.07) is 13.9. The number of hydrogen-bond donors (Lipinski definition) is 2. The molecule has 4 rings (SSSR count). The number of hydrogen-bond acceptors (Lipinski definition) is 12. The first-order valence-electron chi connectivity index (χ1n) is 25.2. The Kier molecular flexibility index (Phi) is 26.3. The van der Waals surface area contributed by atoms with E-state index < -0.39 is 41.9 Å². The summed E-state index contributed by atoms with van der Waals surface area (Å²) in [4.78, 5) is 65.9. The maximum Gasteiger partial charge on any atom is 0.347 e. The maximum absolute atomic E-state index is 14.3. The summed E-state index contributed by atoms with van der Waals surface area (Å²) in [5.74, 6) is -4.94. The number of halogens is 2. The van der Waals surface area contributed by atoms with Crippen molar-refractivity contribution < 1.29 is 47.7 Å². The number of benzene rings is 3. The van der Waals surface area contributed by atoms with Crippen LogP contribution < -0.4 is 10.6 Å². The van der Waals surface area contributed by atoms with E-state index in [4.69, 9.17) is 46.9 Å². The number of ether oxygens (including phenoxy) is 5. The fraction of sp³-hybridized carbons (Fsp3) is 0.566. The molecule has 0 spiro atoms. The minimum atomic E-state index is -1.69. The molecule has 4 aromatic rings. The lowest BCUT2D eigenvalue weighted by molar-refractivity contribution is -0.352. The molecule has 1 heterocycles. The van der Waals surface area contributed by atoms with Crippen LogP contribution in [0.1, 0.15) is 178 Å². The van der Waals surface area contributed by atoms with Crippen molar-refractivity contribution in [2.45, 2.75) is 181 Å². The molecule has 0 radical (unpaired) electrons. The van der Waals surface area contributed by atoms with E-state index in [9.17, 15) is 24.0 Å². The van der Waals surface area contributed by atoms with Crippen LogP contribution in [0.25, 0.3) is 11.0 Å². The second kappa shape index (κ2) is 32.0. The van der Waals surface area contributed by atoms with Gasteiger partial charge in [0, 0.05) is 6.92 Å². The highest BCUT2D eigenvalue weighted by Gasteiger charge is 2.33. The van der Waals surface area contributed by atoms with Gasteiger partial charge in [0.15, 0.2) is 6.10 Å². The third kappa shape index (κ3) is 20.0. The highest BCUT2D eigenvalue weighted by atomic mass is 35.5. The normalized spacial score (nSPS) is 13.0. The van der Waals surface area contributed by atoms with Crippen molar-refractivity contribution in [2.75, 3.05) is 23.8 Å². The Hall–Kier alpha value is -5.09. The van der Waals surface area contributed by atoms with Crippen molar-refractivity contribution in [3.8, 4) is 0 Å². The van der Waals surface area contributed by atoms with Crippen LogP contribution in [0.5, 0.6) is 0 Å². The van der Waals surface area contributed by atoms with Crippen LogP contribution >= 0.6 is 23.2 Å². The van der Waals surface area contributed by atoms with Crippen molar-refractivity contribution in [3.63, 3.8) is 0 Å². The van der Waals surface area contributed by atoms with Gasteiger partial charge in [-0.2, -0.15) is 0 Å². The summed E-state index contributed by atoms with van der Waals surface area (Å²) in [7, 11) is 0. The summed E-state index contributed by atoms with van der Waals surface area (Å²) in [5, 5.41) is 13.9. The molecule has 17 heteroatoms. The van der Waals surface area contributed by atoms with E-state index in [1.807, 2.05) is 0 Å². The fourth-order valence-corrected chi connectivity index (χ4v) is 8.07. The van der Waals surface area contributed by atoms with Crippen LogP contribution in [-0.2, 0) is 49.5 Å².